The van der Waals surface area contributed by atoms with Crippen LogP contribution in [0.2, 0.25) is 0 Å². The van der Waals surface area contributed by atoms with E-state index in [9.17, 15) is 14.9 Å². The largest absolute Gasteiger partial charge is 0.452 e. The molecule has 0 aliphatic rings. The van der Waals surface area contributed by atoms with Crippen LogP contribution in [0.25, 0.3) is 0 Å². The van der Waals surface area contributed by atoms with E-state index in [0.29, 0.717) is 21.7 Å². The molecule has 1 amide bonds. The van der Waals surface area contributed by atoms with Gasteiger partial charge in [-0.2, -0.15) is 5.26 Å². The molecule has 30 heavy (non-hydrogen) atoms. The lowest BCUT2D eigenvalue weighted by Gasteiger charge is -2.11. The summed E-state index contributed by atoms with van der Waals surface area (Å²) in [5.74, 6) is -1.03. The third kappa shape index (κ3) is 5.50. The van der Waals surface area contributed by atoms with Gasteiger partial charge in [0, 0.05) is 20.0 Å². The van der Waals surface area contributed by atoms with Crippen LogP contribution in [0.1, 0.15) is 21.5 Å². The number of nitrogens with one attached hydrogen (secondary N) is 1. The molecule has 0 aliphatic heterocycles. The number of ether oxygens (including phenoxy) is 1. The molecule has 0 aliphatic carbocycles. The van der Waals surface area contributed by atoms with Crippen LogP contribution in [-0.4, -0.2) is 18.5 Å². The van der Waals surface area contributed by atoms with E-state index in [4.69, 9.17) is 4.74 Å². The van der Waals surface area contributed by atoms with Gasteiger partial charge in [0.15, 0.2) is 6.61 Å². The second kappa shape index (κ2) is 10.1. The summed E-state index contributed by atoms with van der Waals surface area (Å²) in [6.07, 6.45) is 0. The normalized spacial score (nSPS) is 10.2. The molecular weight excluding hydrogens is 464 g/mol. The zero-order valence-electron chi connectivity index (χ0n) is 16.0. The Morgan fingerprint density at radius 1 is 1.07 bits per heavy atom. The SMILES string of the molecule is Cc1cc(NC(=O)COC(=O)c2ccccc2Sc2ccccc2C#N)ccc1Br. The van der Waals surface area contributed by atoms with E-state index < -0.39 is 18.5 Å². The summed E-state index contributed by atoms with van der Waals surface area (Å²) in [6, 6.07) is 21.7. The fraction of sp³-hybridized carbons (Fsp3) is 0.0870. The van der Waals surface area contributed by atoms with Gasteiger partial charge in [0.2, 0.25) is 0 Å². The smallest absolute Gasteiger partial charge is 0.339 e. The van der Waals surface area contributed by atoms with Gasteiger partial charge in [-0.3, -0.25) is 4.79 Å². The Kier molecular flexibility index (Phi) is 7.28. The van der Waals surface area contributed by atoms with Gasteiger partial charge in [0.25, 0.3) is 5.91 Å². The quantitative estimate of drug-likeness (QED) is 0.466. The summed E-state index contributed by atoms with van der Waals surface area (Å²) < 4.78 is 6.16. The van der Waals surface area contributed by atoms with E-state index in [1.54, 1.807) is 42.5 Å². The maximum atomic E-state index is 12.6. The molecule has 0 fully saturated rings. The van der Waals surface area contributed by atoms with Crippen molar-refractivity contribution in [1.82, 2.24) is 0 Å². The van der Waals surface area contributed by atoms with Crippen LogP contribution in [0.4, 0.5) is 5.69 Å². The topological polar surface area (TPSA) is 79.2 Å². The second-order valence-electron chi connectivity index (χ2n) is 6.29. The standard InChI is InChI=1S/C23H17BrN2O3S/c1-15-12-17(10-11-19(15)24)26-22(27)14-29-23(28)18-7-3-5-9-21(18)30-20-8-4-2-6-16(20)13-25/h2-12H,14H2,1H3,(H,26,27). The van der Waals surface area contributed by atoms with E-state index >= 15 is 0 Å². The summed E-state index contributed by atoms with van der Waals surface area (Å²) >= 11 is 4.71. The Balaban J connectivity index is 1.66. The number of rotatable bonds is 6. The number of hydrogen-bond acceptors (Lipinski definition) is 5. The Bertz CT molecular complexity index is 1140. The minimum absolute atomic E-state index is 0.336. The average Bonchev–Trinajstić information content (AvgIpc) is 2.75. The van der Waals surface area contributed by atoms with Crippen molar-refractivity contribution in [3.63, 3.8) is 0 Å². The van der Waals surface area contributed by atoms with E-state index in [1.807, 2.05) is 31.2 Å². The zero-order valence-corrected chi connectivity index (χ0v) is 18.4. The molecule has 0 saturated heterocycles. The van der Waals surface area contributed by atoms with Crippen molar-refractivity contribution in [2.24, 2.45) is 0 Å². The first-order chi connectivity index (χ1) is 14.5. The highest BCUT2D eigenvalue weighted by molar-refractivity contribution is 9.10. The fourth-order valence-electron chi connectivity index (χ4n) is 2.62. The van der Waals surface area contributed by atoms with Gasteiger partial charge >= 0.3 is 5.97 Å². The lowest BCUT2D eigenvalue weighted by Crippen LogP contribution is -2.21. The minimum Gasteiger partial charge on any atom is -0.452 e. The van der Waals surface area contributed by atoms with Gasteiger partial charge in [-0.25, -0.2) is 4.79 Å². The zero-order chi connectivity index (χ0) is 21.5. The Labute approximate surface area is 187 Å². The highest BCUT2D eigenvalue weighted by Crippen LogP contribution is 2.32. The number of aryl methyl sites for hydroxylation is 1. The number of halogens is 1. The molecule has 3 aromatic carbocycles. The molecular formula is C23H17BrN2O3S. The molecule has 0 bridgehead atoms. The van der Waals surface area contributed by atoms with Crippen molar-refractivity contribution < 1.29 is 14.3 Å². The highest BCUT2D eigenvalue weighted by Gasteiger charge is 2.16. The van der Waals surface area contributed by atoms with Gasteiger partial charge in [-0.05, 0) is 55.0 Å². The van der Waals surface area contributed by atoms with Crippen molar-refractivity contribution in [2.75, 3.05) is 11.9 Å². The first-order valence-electron chi connectivity index (χ1n) is 8.97. The van der Waals surface area contributed by atoms with Gasteiger partial charge in [-0.1, -0.05) is 52.0 Å². The second-order valence-corrected chi connectivity index (χ2v) is 8.23. The van der Waals surface area contributed by atoms with E-state index in [1.165, 1.54) is 11.8 Å². The molecule has 3 aromatic rings. The van der Waals surface area contributed by atoms with Gasteiger partial charge < -0.3 is 10.1 Å². The van der Waals surface area contributed by atoms with Gasteiger partial charge in [0.1, 0.15) is 6.07 Å². The fourth-order valence-corrected chi connectivity index (χ4v) is 3.88. The number of nitriles is 1. The summed E-state index contributed by atoms with van der Waals surface area (Å²) in [6.45, 7) is 1.51. The Morgan fingerprint density at radius 3 is 2.50 bits per heavy atom. The Morgan fingerprint density at radius 2 is 1.77 bits per heavy atom. The van der Waals surface area contributed by atoms with Crippen LogP contribution in [0.5, 0.6) is 0 Å². The number of nitrogens with zero attached hydrogens (tertiary/aromatic N) is 1. The predicted molar refractivity (Wildman–Crippen MR) is 120 cm³/mol. The molecule has 7 heteroatoms. The monoisotopic (exact) mass is 480 g/mol. The lowest BCUT2D eigenvalue weighted by molar-refractivity contribution is -0.119. The van der Waals surface area contributed by atoms with Crippen molar-refractivity contribution in [3.05, 3.63) is 87.9 Å². The molecule has 0 saturated carbocycles. The number of amides is 1. The molecule has 5 nitrogen and oxygen atoms in total. The molecule has 3 rings (SSSR count). The maximum Gasteiger partial charge on any atom is 0.339 e. The number of anilines is 1. The van der Waals surface area contributed by atoms with Crippen molar-refractivity contribution in [1.29, 1.82) is 5.26 Å². The summed E-state index contributed by atoms with van der Waals surface area (Å²) in [5, 5.41) is 12.0. The molecule has 0 heterocycles. The van der Waals surface area contributed by atoms with Crippen LogP contribution in [-0.2, 0) is 9.53 Å². The third-order valence-electron chi connectivity index (χ3n) is 4.11. The van der Waals surface area contributed by atoms with Crippen LogP contribution < -0.4 is 5.32 Å². The van der Waals surface area contributed by atoms with E-state index in [-0.39, 0.29) is 0 Å². The van der Waals surface area contributed by atoms with Crippen molar-refractivity contribution in [2.45, 2.75) is 16.7 Å². The van der Waals surface area contributed by atoms with Gasteiger partial charge in [0.05, 0.1) is 11.1 Å². The molecule has 0 unspecified atom stereocenters. The van der Waals surface area contributed by atoms with E-state index in [0.717, 1.165) is 14.9 Å². The lowest BCUT2D eigenvalue weighted by atomic mass is 10.2. The number of benzene rings is 3. The molecule has 150 valence electrons. The molecule has 0 spiro atoms. The molecule has 0 aromatic heterocycles. The van der Waals surface area contributed by atoms with Crippen molar-refractivity contribution in [3.8, 4) is 6.07 Å². The maximum absolute atomic E-state index is 12.6. The van der Waals surface area contributed by atoms with Crippen molar-refractivity contribution >= 4 is 45.3 Å². The Hall–Kier alpha value is -3.08. The van der Waals surface area contributed by atoms with Crippen LogP contribution >= 0.6 is 27.7 Å². The van der Waals surface area contributed by atoms with Crippen LogP contribution in [0.3, 0.4) is 0 Å². The predicted octanol–water partition coefficient (Wildman–Crippen LogP) is 5.58. The number of esters is 1. The summed E-state index contributed by atoms with van der Waals surface area (Å²) in [7, 11) is 0. The highest BCUT2D eigenvalue weighted by atomic mass is 79.9. The first kappa shape index (κ1) is 21.6. The van der Waals surface area contributed by atoms with Gasteiger partial charge in [-0.15, -0.1) is 0 Å². The number of carbonyl (C=O) groups excluding carboxylic acids is 2. The van der Waals surface area contributed by atoms with E-state index in [2.05, 4.69) is 27.3 Å². The number of hydrogen-bond donors (Lipinski definition) is 1. The minimum atomic E-state index is -0.602. The molecule has 1 N–H and O–H groups in total. The van der Waals surface area contributed by atoms with Crippen LogP contribution in [0, 0.1) is 18.3 Å². The molecule has 0 radical (unpaired) electrons. The first-order valence-corrected chi connectivity index (χ1v) is 10.6. The molecule has 0 atom stereocenters. The third-order valence-corrected chi connectivity index (χ3v) is 6.15. The average molecular weight is 481 g/mol. The summed E-state index contributed by atoms with van der Waals surface area (Å²) in [4.78, 5) is 26.1. The number of carbonyl (C=O) groups is 2. The van der Waals surface area contributed by atoms with Crippen LogP contribution in [0.15, 0.2) is 81.0 Å². The summed E-state index contributed by atoms with van der Waals surface area (Å²) in [5.41, 5.74) is 2.46.